The first-order valence-corrected chi connectivity index (χ1v) is 7.66. The van der Waals surface area contributed by atoms with Gasteiger partial charge in [0.25, 0.3) is 0 Å². The highest BCUT2D eigenvalue weighted by Gasteiger charge is 2.14. The van der Waals surface area contributed by atoms with Gasteiger partial charge in [-0.3, -0.25) is 4.79 Å². The summed E-state index contributed by atoms with van der Waals surface area (Å²) in [5.41, 5.74) is 7.77. The number of carbonyl (C=O) groups is 1. The van der Waals surface area contributed by atoms with Crippen molar-refractivity contribution in [3.63, 3.8) is 0 Å². The predicted molar refractivity (Wildman–Crippen MR) is 85.0 cm³/mol. The Morgan fingerprint density at radius 1 is 1.15 bits per heavy atom. The summed E-state index contributed by atoms with van der Waals surface area (Å²) in [5, 5.41) is 2.84. The highest BCUT2D eigenvalue weighted by atomic mass is 32.2. The number of benzene rings is 2. The second kappa shape index (κ2) is 7.12. The van der Waals surface area contributed by atoms with Gasteiger partial charge in [-0.25, -0.2) is 0 Å². The van der Waals surface area contributed by atoms with Crippen LogP contribution in [0.3, 0.4) is 0 Å². The number of thioether (sulfide) groups is 1. The van der Waals surface area contributed by atoms with Crippen molar-refractivity contribution >= 4 is 23.4 Å². The number of carbonyl (C=O) groups excluding carboxylic acids is 1. The number of nitrogens with two attached hydrogens (primary N) is 1. The van der Waals surface area contributed by atoms with Crippen LogP contribution in [0.2, 0.25) is 0 Å². The van der Waals surface area contributed by atoms with Gasteiger partial charge in [0.05, 0.1) is 6.04 Å². The molecule has 0 radical (unpaired) electrons. The number of nitrogens with one attached hydrogen (secondary N) is 1. The fraction of sp³-hybridized carbons (Fsp3) is 0.188. The first-order chi connectivity index (χ1) is 9.69. The largest absolute Gasteiger partial charge is 0.325 e. The molecule has 0 aliphatic heterocycles. The van der Waals surface area contributed by atoms with Crippen LogP contribution in [-0.2, 0) is 11.2 Å². The van der Waals surface area contributed by atoms with Crippen molar-refractivity contribution in [3.05, 3.63) is 60.2 Å². The van der Waals surface area contributed by atoms with Gasteiger partial charge in [0, 0.05) is 10.6 Å². The zero-order valence-electron chi connectivity index (χ0n) is 11.4. The molecule has 2 aromatic rings. The molecule has 20 heavy (non-hydrogen) atoms. The van der Waals surface area contributed by atoms with Crippen LogP contribution in [0.4, 0.5) is 5.69 Å². The average Bonchev–Trinajstić information content (AvgIpc) is 2.49. The van der Waals surface area contributed by atoms with Gasteiger partial charge in [-0.05, 0) is 42.5 Å². The second-order valence-electron chi connectivity index (χ2n) is 4.51. The normalized spacial score (nSPS) is 11.9. The summed E-state index contributed by atoms with van der Waals surface area (Å²) < 4.78 is 0. The maximum absolute atomic E-state index is 12.0. The molecule has 0 aliphatic rings. The van der Waals surface area contributed by atoms with E-state index in [0.29, 0.717) is 6.42 Å². The van der Waals surface area contributed by atoms with Gasteiger partial charge in [0.15, 0.2) is 0 Å². The Morgan fingerprint density at radius 3 is 2.40 bits per heavy atom. The third kappa shape index (κ3) is 4.11. The van der Waals surface area contributed by atoms with Crippen LogP contribution in [0, 0.1) is 0 Å². The Balaban J connectivity index is 1.93. The van der Waals surface area contributed by atoms with E-state index in [4.69, 9.17) is 5.73 Å². The molecule has 0 saturated carbocycles. The van der Waals surface area contributed by atoms with E-state index in [2.05, 4.69) is 5.32 Å². The van der Waals surface area contributed by atoms with Crippen molar-refractivity contribution in [2.75, 3.05) is 11.6 Å². The van der Waals surface area contributed by atoms with Crippen molar-refractivity contribution in [2.24, 2.45) is 5.73 Å². The number of amides is 1. The molecule has 3 N–H and O–H groups in total. The average molecular weight is 286 g/mol. The fourth-order valence-electron chi connectivity index (χ4n) is 1.87. The minimum atomic E-state index is -0.544. The molecule has 104 valence electrons. The molecule has 0 saturated heterocycles. The molecule has 3 nitrogen and oxygen atoms in total. The van der Waals surface area contributed by atoms with E-state index in [1.54, 1.807) is 11.8 Å². The van der Waals surface area contributed by atoms with Crippen molar-refractivity contribution in [2.45, 2.75) is 17.4 Å². The van der Waals surface area contributed by atoms with E-state index < -0.39 is 6.04 Å². The van der Waals surface area contributed by atoms with Crippen molar-refractivity contribution in [1.29, 1.82) is 0 Å². The summed E-state index contributed by atoms with van der Waals surface area (Å²) in [7, 11) is 0. The number of rotatable bonds is 5. The third-order valence-corrected chi connectivity index (χ3v) is 3.74. The van der Waals surface area contributed by atoms with Crippen LogP contribution < -0.4 is 11.1 Å². The Labute approximate surface area is 123 Å². The molecule has 0 spiro atoms. The van der Waals surface area contributed by atoms with Gasteiger partial charge in [0.1, 0.15) is 0 Å². The fourth-order valence-corrected chi connectivity index (χ4v) is 2.28. The Bertz CT molecular complexity index is 554. The molecule has 1 atom stereocenters. The van der Waals surface area contributed by atoms with Gasteiger partial charge < -0.3 is 11.1 Å². The molecule has 0 heterocycles. The maximum Gasteiger partial charge on any atom is 0.241 e. The first kappa shape index (κ1) is 14.6. The van der Waals surface area contributed by atoms with E-state index >= 15 is 0 Å². The van der Waals surface area contributed by atoms with Crippen LogP contribution in [-0.4, -0.2) is 18.2 Å². The summed E-state index contributed by atoms with van der Waals surface area (Å²) >= 11 is 1.67. The van der Waals surface area contributed by atoms with Gasteiger partial charge in [-0.1, -0.05) is 30.3 Å². The van der Waals surface area contributed by atoms with Gasteiger partial charge in [0.2, 0.25) is 5.91 Å². The summed E-state index contributed by atoms with van der Waals surface area (Å²) in [5.74, 6) is -0.161. The van der Waals surface area contributed by atoms with E-state index in [-0.39, 0.29) is 5.91 Å². The molecular weight excluding hydrogens is 268 g/mol. The lowest BCUT2D eigenvalue weighted by Crippen LogP contribution is -2.37. The molecule has 0 fully saturated rings. The van der Waals surface area contributed by atoms with E-state index in [0.717, 1.165) is 16.1 Å². The Hall–Kier alpha value is -1.78. The van der Waals surface area contributed by atoms with Crippen molar-refractivity contribution < 1.29 is 4.79 Å². The Kier molecular flexibility index (Phi) is 5.21. The monoisotopic (exact) mass is 286 g/mol. The lowest BCUT2D eigenvalue weighted by atomic mass is 10.1. The molecule has 0 aromatic heterocycles. The number of hydrogen-bond acceptors (Lipinski definition) is 3. The van der Waals surface area contributed by atoms with E-state index in [1.807, 2.05) is 60.9 Å². The number of hydrogen-bond donors (Lipinski definition) is 2. The lowest BCUT2D eigenvalue weighted by Gasteiger charge is -2.12. The highest BCUT2D eigenvalue weighted by molar-refractivity contribution is 7.98. The maximum atomic E-state index is 12.0. The first-order valence-electron chi connectivity index (χ1n) is 6.43. The molecular formula is C16H18N2OS. The van der Waals surface area contributed by atoms with E-state index in [9.17, 15) is 4.79 Å². The number of anilines is 1. The lowest BCUT2D eigenvalue weighted by molar-refractivity contribution is -0.117. The summed E-state index contributed by atoms with van der Waals surface area (Å²) in [4.78, 5) is 13.2. The van der Waals surface area contributed by atoms with Crippen molar-refractivity contribution in [1.82, 2.24) is 0 Å². The summed E-state index contributed by atoms with van der Waals surface area (Å²) in [6, 6.07) is 17.0. The zero-order chi connectivity index (χ0) is 14.4. The third-order valence-electron chi connectivity index (χ3n) is 2.99. The molecule has 0 bridgehead atoms. The smallest absolute Gasteiger partial charge is 0.241 e. The van der Waals surface area contributed by atoms with Gasteiger partial charge in [-0.2, -0.15) is 0 Å². The molecule has 1 amide bonds. The highest BCUT2D eigenvalue weighted by Crippen LogP contribution is 2.17. The molecule has 2 rings (SSSR count). The molecule has 2 aromatic carbocycles. The summed E-state index contributed by atoms with van der Waals surface area (Å²) in [6.45, 7) is 0. The van der Waals surface area contributed by atoms with Gasteiger partial charge in [-0.15, -0.1) is 11.8 Å². The topological polar surface area (TPSA) is 55.1 Å². The SMILES string of the molecule is CSc1ccc(NC(=O)C(N)Cc2ccccc2)cc1. The molecule has 1 unspecified atom stereocenters. The van der Waals surface area contributed by atoms with Crippen LogP contribution >= 0.6 is 11.8 Å². The molecule has 0 aliphatic carbocycles. The quantitative estimate of drug-likeness (QED) is 0.831. The van der Waals surface area contributed by atoms with Crippen LogP contribution in [0.25, 0.3) is 0 Å². The van der Waals surface area contributed by atoms with Crippen LogP contribution in [0.5, 0.6) is 0 Å². The minimum absolute atomic E-state index is 0.161. The van der Waals surface area contributed by atoms with E-state index in [1.165, 1.54) is 0 Å². The van der Waals surface area contributed by atoms with Gasteiger partial charge >= 0.3 is 0 Å². The second-order valence-corrected chi connectivity index (χ2v) is 5.39. The van der Waals surface area contributed by atoms with Crippen LogP contribution in [0.15, 0.2) is 59.5 Å². The molecule has 4 heteroatoms. The predicted octanol–water partition coefficient (Wildman–Crippen LogP) is 2.92. The minimum Gasteiger partial charge on any atom is -0.325 e. The zero-order valence-corrected chi connectivity index (χ0v) is 12.2. The van der Waals surface area contributed by atoms with Crippen LogP contribution in [0.1, 0.15) is 5.56 Å². The standard InChI is InChI=1S/C16H18N2OS/c1-20-14-9-7-13(8-10-14)18-16(19)15(17)11-12-5-3-2-4-6-12/h2-10,15H,11,17H2,1H3,(H,18,19). The van der Waals surface area contributed by atoms with Crippen molar-refractivity contribution in [3.8, 4) is 0 Å². The Morgan fingerprint density at radius 2 is 1.80 bits per heavy atom. The summed E-state index contributed by atoms with van der Waals surface area (Å²) in [6.07, 6.45) is 2.55.